The number of thiophene rings is 1. The Labute approximate surface area is 215 Å². The SMILES string of the molecule is CC(=NNC(=O)CSc1nc2sc3c(c2c(=O)n1-c1ccc(Cl)cc1)CCCC3)c1ccncc1. The Morgan fingerprint density at radius 3 is 2.69 bits per heavy atom. The predicted molar refractivity (Wildman–Crippen MR) is 142 cm³/mol. The molecule has 0 aliphatic heterocycles. The van der Waals surface area contributed by atoms with Gasteiger partial charge >= 0.3 is 0 Å². The number of hydrogen-bond donors (Lipinski definition) is 1. The number of rotatable bonds is 6. The Morgan fingerprint density at radius 2 is 1.91 bits per heavy atom. The van der Waals surface area contributed by atoms with E-state index in [4.69, 9.17) is 16.6 Å². The largest absolute Gasteiger partial charge is 0.272 e. The predicted octanol–water partition coefficient (Wildman–Crippen LogP) is 5.01. The number of carbonyl (C=O) groups is 1. The van der Waals surface area contributed by atoms with Crippen molar-refractivity contribution in [2.24, 2.45) is 5.10 Å². The summed E-state index contributed by atoms with van der Waals surface area (Å²) < 4.78 is 1.59. The number of amides is 1. The molecule has 35 heavy (non-hydrogen) atoms. The monoisotopic (exact) mass is 523 g/mol. The number of benzene rings is 1. The van der Waals surface area contributed by atoms with E-state index in [2.05, 4.69) is 15.5 Å². The summed E-state index contributed by atoms with van der Waals surface area (Å²) in [6, 6.07) is 10.7. The normalized spacial score (nSPS) is 13.6. The van der Waals surface area contributed by atoms with Crippen LogP contribution < -0.4 is 11.0 Å². The highest BCUT2D eigenvalue weighted by Crippen LogP contribution is 2.35. The van der Waals surface area contributed by atoms with Gasteiger partial charge in [-0.3, -0.25) is 19.1 Å². The van der Waals surface area contributed by atoms with Gasteiger partial charge in [-0.1, -0.05) is 23.4 Å². The second-order valence-corrected chi connectivity index (χ2v) is 10.6. The number of carbonyl (C=O) groups excluding carboxylic acids is 1. The smallest absolute Gasteiger partial charge is 0.267 e. The lowest BCUT2D eigenvalue weighted by Crippen LogP contribution is -2.24. The third-order valence-corrected chi connectivity index (χ3v) is 8.20. The summed E-state index contributed by atoms with van der Waals surface area (Å²) in [5.74, 6) is -0.227. The van der Waals surface area contributed by atoms with Crippen molar-refractivity contribution in [3.05, 3.63) is 80.2 Å². The standard InChI is InChI=1S/C25H22ClN5O2S2/c1-15(16-10-12-27-13-11-16)29-30-21(32)14-34-25-28-23-22(19-4-2-3-5-20(19)35-23)24(33)31(25)18-8-6-17(26)7-9-18/h6-13H,2-5,14H2,1H3,(H,30,32). The summed E-state index contributed by atoms with van der Waals surface area (Å²) in [5, 5.41) is 5.93. The van der Waals surface area contributed by atoms with Gasteiger partial charge in [0.1, 0.15) is 4.83 Å². The maximum absolute atomic E-state index is 13.7. The molecule has 0 bridgehead atoms. The van der Waals surface area contributed by atoms with Crippen LogP contribution in [0.25, 0.3) is 15.9 Å². The van der Waals surface area contributed by atoms with E-state index in [9.17, 15) is 9.59 Å². The summed E-state index contributed by atoms with van der Waals surface area (Å²) in [4.78, 5) is 37.1. The van der Waals surface area contributed by atoms with Crippen LogP contribution in [-0.4, -0.2) is 31.9 Å². The number of hydrazone groups is 1. The highest BCUT2D eigenvalue weighted by Gasteiger charge is 2.23. The van der Waals surface area contributed by atoms with Crippen LogP contribution in [0.3, 0.4) is 0 Å². The Balaban J connectivity index is 1.45. The van der Waals surface area contributed by atoms with E-state index in [0.717, 1.165) is 41.6 Å². The maximum atomic E-state index is 13.7. The molecule has 0 fully saturated rings. The second-order valence-electron chi connectivity index (χ2n) is 8.16. The minimum absolute atomic E-state index is 0.0593. The van der Waals surface area contributed by atoms with Crippen molar-refractivity contribution in [1.29, 1.82) is 0 Å². The molecule has 0 atom stereocenters. The van der Waals surface area contributed by atoms with Crippen LogP contribution in [0, 0.1) is 0 Å². The number of hydrogen-bond acceptors (Lipinski definition) is 7. The molecule has 0 saturated heterocycles. The van der Waals surface area contributed by atoms with Crippen LogP contribution in [0.2, 0.25) is 5.02 Å². The van der Waals surface area contributed by atoms with Gasteiger partial charge in [-0.05, 0) is 74.6 Å². The summed E-state index contributed by atoms with van der Waals surface area (Å²) in [6.45, 7) is 1.81. The van der Waals surface area contributed by atoms with E-state index in [1.165, 1.54) is 16.6 Å². The van der Waals surface area contributed by atoms with Gasteiger partial charge in [0.25, 0.3) is 11.5 Å². The summed E-state index contributed by atoms with van der Waals surface area (Å²) in [6.07, 6.45) is 7.44. The van der Waals surface area contributed by atoms with Crippen molar-refractivity contribution in [3.63, 3.8) is 0 Å². The van der Waals surface area contributed by atoms with Gasteiger partial charge in [-0.25, -0.2) is 10.4 Å². The molecule has 4 aromatic rings. The van der Waals surface area contributed by atoms with E-state index in [1.807, 2.05) is 19.1 Å². The molecule has 0 saturated carbocycles. The van der Waals surface area contributed by atoms with Gasteiger partial charge in [0.2, 0.25) is 0 Å². The maximum Gasteiger partial charge on any atom is 0.267 e. The van der Waals surface area contributed by atoms with Gasteiger partial charge in [0.15, 0.2) is 5.16 Å². The molecular weight excluding hydrogens is 502 g/mol. The van der Waals surface area contributed by atoms with Gasteiger partial charge in [0, 0.05) is 27.9 Å². The van der Waals surface area contributed by atoms with Crippen molar-refractivity contribution >= 4 is 56.5 Å². The molecule has 3 heterocycles. The third-order valence-electron chi connectivity index (χ3n) is 5.82. The fraction of sp³-hybridized carbons (Fsp3) is 0.240. The molecule has 3 aromatic heterocycles. The Kier molecular flexibility index (Phi) is 6.99. The van der Waals surface area contributed by atoms with Crippen LogP contribution in [0.4, 0.5) is 0 Å². The van der Waals surface area contributed by atoms with E-state index in [0.29, 0.717) is 27.0 Å². The molecule has 1 N–H and O–H groups in total. The number of fused-ring (bicyclic) bond motifs is 3. The first-order valence-corrected chi connectivity index (χ1v) is 13.4. The lowest BCUT2D eigenvalue weighted by atomic mass is 9.97. The molecule has 7 nitrogen and oxygen atoms in total. The topological polar surface area (TPSA) is 89.2 Å². The zero-order chi connectivity index (χ0) is 24.4. The molecule has 0 unspecified atom stereocenters. The first-order chi connectivity index (χ1) is 17.0. The fourth-order valence-electron chi connectivity index (χ4n) is 4.07. The van der Waals surface area contributed by atoms with Crippen LogP contribution in [0.1, 0.15) is 35.8 Å². The number of nitrogens with zero attached hydrogens (tertiary/aromatic N) is 4. The molecule has 1 amide bonds. The van der Waals surface area contributed by atoms with Crippen LogP contribution in [0.5, 0.6) is 0 Å². The quantitative estimate of drug-likeness (QED) is 0.166. The molecule has 5 rings (SSSR count). The summed E-state index contributed by atoms with van der Waals surface area (Å²) in [5.41, 5.74) is 5.83. The lowest BCUT2D eigenvalue weighted by Gasteiger charge is -2.13. The Bertz CT molecular complexity index is 1480. The molecule has 0 radical (unpaired) electrons. The lowest BCUT2D eigenvalue weighted by molar-refractivity contribution is -0.118. The van der Waals surface area contributed by atoms with Gasteiger partial charge in [-0.2, -0.15) is 5.10 Å². The van der Waals surface area contributed by atoms with Crippen LogP contribution in [-0.2, 0) is 17.6 Å². The molecule has 0 spiro atoms. The number of thioether (sulfide) groups is 1. The second kappa shape index (κ2) is 10.3. The van der Waals surface area contributed by atoms with E-state index >= 15 is 0 Å². The number of halogens is 1. The zero-order valence-corrected chi connectivity index (χ0v) is 21.3. The first kappa shape index (κ1) is 23.7. The Hall–Kier alpha value is -3.01. The van der Waals surface area contributed by atoms with Crippen molar-refractivity contribution in [3.8, 4) is 5.69 Å². The van der Waals surface area contributed by atoms with Crippen molar-refractivity contribution in [2.75, 3.05) is 5.75 Å². The van der Waals surface area contributed by atoms with Gasteiger partial charge in [0.05, 0.1) is 22.5 Å². The van der Waals surface area contributed by atoms with E-state index < -0.39 is 0 Å². The highest BCUT2D eigenvalue weighted by molar-refractivity contribution is 7.99. The number of aryl methyl sites for hydroxylation is 2. The molecule has 1 aliphatic carbocycles. The Morgan fingerprint density at radius 1 is 1.17 bits per heavy atom. The summed E-state index contributed by atoms with van der Waals surface area (Å²) >= 11 is 8.89. The van der Waals surface area contributed by atoms with Crippen molar-refractivity contribution in [2.45, 2.75) is 37.8 Å². The molecule has 10 heteroatoms. The zero-order valence-electron chi connectivity index (χ0n) is 19.0. The average Bonchev–Trinajstić information content (AvgIpc) is 3.26. The van der Waals surface area contributed by atoms with E-state index in [-0.39, 0.29) is 17.2 Å². The number of aromatic nitrogens is 3. The van der Waals surface area contributed by atoms with Crippen molar-refractivity contribution < 1.29 is 4.79 Å². The third kappa shape index (κ3) is 5.03. The molecular formula is C25H22ClN5O2S2. The van der Waals surface area contributed by atoms with E-state index in [1.54, 1.807) is 52.6 Å². The molecule has 178 valence electrons. The van der Waals surface area contributed by atoms with Gasteiger partial charge < -0.3 is 0 Å². The van der Waals surface area contributed by atoms with Crippen LogP contribution >= 0.6 is 34.7 Å². The first-order valence-electron chi connectivity index (χ1n) is 11.2. The highest BCUT2D eigenvalue weighted by atomic mass is 35.5. The molecule has 1 aliphatic rings. The molecule has 1 aromatic carbocycles. The van der Waals surface area contributed by atoms with Crippen LogP contribution in [0.15, 0.2) is 63.8 Å². The number of pyridine rings is 1. The number of nitrogens with one attached hydrogen (secondary N) is 1. The minimum Gasteiger partial charge on any atom is -0.272 e. The summed E-state index contributed by atoms with van der Waals surface area (Å²) in [7, 11) is 0. The fourth-order valence-corrected chi connectivity index (χ4v) is 6.30. The minimum atomic E-state index is -0.286. The average molecular weight is 524 g/mol. The van der Waals surface area contributed by atoms with Gasteiger partial charge in [-0.15, -0.1) is 11.3 Å². The van der Waals surface area contributed by atoms with Crippen molar-refractivity contribution in [1.82, 2.24) is 20.0 Å².